The lowest BCUT2D eigenvalue weighted by Gasteiger charge is -2.38. The van der Waals surface area contributed by atoms with E-state index in [-0.39, 0.29) is 18.0 Å². The fourth-order valence-electron chi connectivity index (χ4n) is 4.70. The Morgan fingerprint density at radius 2 is 1.69 bits per heavy atom. The summed E-state index contributed by atoms with van der Waals surface area (Å²) in [5, 5.41) is 0. The second-order valence-electron chi connectivity index (χ2n) is 8.59. The van der Waals surface area contributed by atoms with Crippen molar-refractivity contribution in [2.24, 2.45) is 10.7 Å². The molecule has 0 aliphatic carbocycles. The van der Waals surface area contributed by atoms with Gasteiger partial charge in [0.05, 0.1) is 6.54 Å². The third kappa shape index (κ3) is 4.19. The molecular weight excluding hydrogens is 411 g/mol. The van der Waals surface area contributed by atoms with Crippen LogP contribution < -0.4 is 20.1 Å². The summed E-state index contributed by atoms with van der Waals surface area (Å²) >= 11 is 0. The Morgan fingerprint density at radius 1 is 0.969 bits per heavy atom. The maximum Gasteiger partial charge on any atom is 0.231 e. The molecule has 8 heteroatoms. The van der Waals surface area contributed by atoms with Crippen molar-refractivity contribution >= 4 is 11.6 Å². The van der Waals surface area contributed by atoms with Gasteiger partial charge in [-0.05, 0) is 54.8 Å². The van der Waals surface area contributed by atoms with E-state index in [0.717, 1.165) is 56.2 Å². The summed E-state index contributed by atoms with van der Waals surface area (Å²) in [6.45, 7) is 5.51. The van der Waals surface area contributed by atoms with Crippen LogP contribution in [0.15, 0.2) is 47.5 Å². The number of halogens is 1. The zero-order chi connectivity index (χ0) is 22.0. The third-order valence-electron chi connectivity index (χ3n) is 6.77. The van der Waals surface area contributed by atoms with Crippen molar-refractivity contribution in [3.8, 4) is 11.5 Å². The number of hydrogen-bond acceptors (Lipinski definition) is 5. The molecule has 0 amide bonds. The summed E-state index contributed by atoms with van der Waals surface area (Å²) in [7, 11) is 0. The van der Waals surface area contributed by atoms with Gasteiger partial charge in [-0.1, -0.05) is 6.07 Å². The molecule has 32 heavy (non-hydrogen) atoms. The number of hydrogen-bond donors (Lipinski definition) is 1. The van der Waals surface area contributed by atoms with Crippen molar-refractivity contribution in [1.29, 1.82) is 0 Å². The average Bonchev–Trinajstić information content (AvgIpc) is 3.32. The Labute approximate surface area is 187 Å². The van der Waals surface area contributed by atoms with Crippen LogP contribution in [0.1, 0.15) is 18.4 Å². The number of anilines is 1. The molecule has 2 N–H and O–H groups in total. The molecule has 170 valence electrons. The van der Waals surface area contributed by atoms with E-state index in [1.165, 1.54) is 17.7 Å². The van der Waals surface area contributed by atoms with E-state index in [4.69, 9.17) is 24.9 Å². The van der Waals surface area contributed by atoms with E-state index in [1.807, 2.05) is 18.2 Å². The second-order valence-corrected chi connectivity index (χ2v) is 8.59. The molecule has 2 aromatic carbocycles. The molecule has 3 heterocycles. The highest BCUT2D eigenvalue weighted by atomic mass is 19.1. The molecular formula is C24H29FN4O3. The molecule has 2 aromatic rings. The number of guanidine groups is 1. The molecule has 0 saturated carbocycles. The highest BCUT2D eigenvalue weighted by Gasteiger charge is 2.36. The number of piperazine rings is 1. The molecule has 0 aromatic heterocycles. The fraction of sp³-hybridized carbons (Fsp3) is 0.458. The predicted molar refractivity (Wildman–Crippen MR) is 121 cm³/mol. The minimum absolute atomic E-state index is 0.125. The monoisotopic (exact) mass is 440 g/mol. The SMILES string of the molecule is NC(=NCC1(c2ccc3c(c2)OCO3)CCOCC1)N1CCN(c2ccc(F)cc2)CC1. The van der Waals surface area contributed by atoms with Crippen LogP contribution in [-0.4, -0.2) is 63.6 Å². The summed E-state index contributed by atoms with van der Waals surface area (Å²) < 4.78 is 29.9. The van der Waals surface area contributed by atoms with Crippen LogP contribution in [0.2, 0.25) is 0 Å². The fourth-order valence-corrected chi connectivity index (χ4v) is 4.70. The van der Waals surface area contributed by atoms with Gasteiger partial charge in [-0.25, -0.2) is 4.39 Å². The van der Waals surface area contributed by atoms with Crippen molar-refractivity contribution in [2.75, 3.05) is 57.6 Å². The smallest absolute Gasteiger partial charge is 0.231 e. The largest absolute Gasteiger partial charge is 0.454 e. The molecule has 5 rings (SSSR count). The first-order valence-corrected chi connectivity index (χ1v) is 11.2. The molecule has 0 radical (unpaired) electrons. The Balaban J connectivity index is 1.27. The Kier molecular flexibility index (Phi) is 5.78. The summed E-state index contributed by atoms with van der Waals surface area (Å²) in [4.78, 5) is 9.23. The van der Waals surface area contributed by atoms with Gasteiger partial charge in [0.1, 0.15) is 5.82 Å². The first-order chi connectivity index (χ1) is 15.6. The standard InChI is InChI=1S/C24H29FN4O3/c25-19-2-4-20(5-3-19)28-9-11-29(12-10-28)23(26)27-16-24(7-13-30-14-8-24)18-1-6-21-22(15-18)32-17-31-21/h1-6,15H,7-14,16-17H2,(H2,26,27). The van der Waals surface area contributed by atoms with Crippen molar-refractivity contribution < 1.29 is 18.6 Å². The van der Waals surface area contributed by atoms with Gasteiger partial charge in [-0.2, -0.15) is 0 Å². The van der Waals surface area contributed by atoms with Crippen molar-refractivity contribution in [2.45, 2.75) is 18.3 Å². The van der Waals surface area contributed by atoms with Gasteiger partial charge < -0.3 is 29.7 Å². The van der Waals surface area contributed by atoms with E-state index >= 15 is 0 Å². The van der Waals surface area contributed by atoms with E-state index in [9.17, 15) is 4.39 Å². The van der Waals surface area contributed by atoms with Crippen LogP contribution in [0.4, 0.5) is 10.1 Å². The van der Waals surface area contributed by atoms with Crippen LogP contribution in [0.25, 0.3) is 0 Å². The Bertz CT molecular complexity index is 968. The highest BCUT2D eigenvalue weighted by Crippen LogP contribution is 2.41. The summed E-state index contributed by atoms with van der Waals surface area (Å²) in [6, 6.07) is 12.8. The molecule has 0 atom stereocenters. The molecule has 7 nitrogen and oxygen atoms in total. The molecule has 0 bridgehead atoms. The van der Waals surface area contributed by atoms with Gasteiger partial charge in [-0.15, -0.1) is 0 Å². The molecule has 0 spiro atoms. The zero-order valence-electron chi connectivity index (χ0n) is 18.1. The van der Waals surface area contributed by atoms with Crippen LogP contribution in [0, 0.1) is 5.82 Å². The number of fused-ring (bicyclic) bond motifs is 1. The number of nitrogens with two attached hydrogens (primary N) is 1. The maximum atomic E-state index is 13.2. The first-order valence-electron chi connectivity index (χ1n) is 11.2. The third-order valence-corrected chi connectivity index (χ3v) is 6.77. The number of rotatable bonds is 4. The van der Waals surface area contributed by atoms with Crippen molar-refractivity contribution in [3.05, 3.63) is 53.8 Å². The topological polar surface area (TPSA) is 72.5 Å². The summed E-state index contributed by atoms with van der Waals surface area (Å²) in [5.74, 6) is 1.95. The molecule has 2 saturated heterocycles. The van der Waals surface area contributed by atoms with Gasteiger partial charge in [0, 0.05) is 50.5 Å². The first kappa shape index (κ1) is 20.9. The zero-order valence-corrected chi connectivity index (χ0v) is 18.1. The molecule has 2 fully saturated rings. The van der Waals surface area contributed by atoms with Crippen molar-refractivity contribution in [3.63, 3.8) is 0 Å². The molecule has 3 aliphatic rings. The minimum Gasteiger partial charge on any atom is -0.454 e. The van der Waals surface area contributed by atoms with Gasteiger partial charge in [0.2, 0.25) is 6.79 Å². The van der Waals surface area contributed by atoms with E-state index in [2.05, 4.69) is 21.9 Å². The minimum atomic E-state index is -0.215. The number of nitrogens with zero attached hydrogens (tertiary/aromatic N) is 3. The van der Waals surface area contributed by atoms with Crippen LogP contribution in [-0.2, 0) is 10.2 Å². The normalized spacial score (nSPS) is 20.5. The predicted octanol–water partition coefficient (Wildman–Crippen LogP) is 2.74. The molecule has 0 unspecified atom stereocenters. The number of benzene rings is 2. The van der Waals surface area contributed by atoms with Gasteiger partial charge in [0.15, 0.2) is 17.5 Å². The van der Waals surface area contributed by atoms with E-state index in [0.29, 0.717) is 25.7 Å². The van der Waals surface area contributed by atoms with Crippen LogP contribution >= 0.6 is 0 Å². The number of ether oxygens (including phenoxy) is 3. The van der Waals surface area contributed by atoms with Crippen molar-refractivity contribution in [1.82, 2.24) is 4.90 Å². The molecule has 3 aliphatic heterocycles. The van der Waals surface area contributed by atoms with E-state index < -0.39 is 0 Å². The quantitative estimate of drug-likeness (QED) is 0.582. The van der Waals surface area contributed by atoms with Crippen LogP contribution in [0.5, 0.6) is 11.5 Å². The lowest BCUT2D eigenvalue weighted by Crippen LogP contribution is -2.51. The lowest BCUT2D eigenvalue weighted by molar-refractivity contribution is 0.0529. The Hall–Kier alpha value is -3.00. The van der Waals surface area contributed by atoms with Gasteiger partial charge >= 0.3 is 0 Å². The lowest BCUT2D eigenvalue weighted by atomic mass is 9.74. The summed E-state index contributed by atoms with van der Waals surface area (Å²) in [5.41, 5.74) is 8.53. The average molecular weight is 441 g/mol. The Morgan fingerprint density at radius 3 is 2.44 bits per heavy atom. The second kappa shape index (κ2) is 8.86. The van der Waals surface area contributed by atoms with Gasteiger partial charge in [-0.3, -0.25) is 4.99 Å². The highest BCUT2D eigenvalue weighted by molar-refractivity contribution is 5.78. The van der Waals surface area contributed by atoms with Gasteiger partial charge in [0.25, 0.3) is 0 Å². The van der Waals surface area contributed by atoms with Crippen LogP contribution in [0.3, 0.4) is 0 Å². The summed E-state index contributed by atoms with van der Waals surface area (Å²) in [6.07, 6.45) is 1.78. The van der Waals surface area contributed by atoms with E-state index in [1.54, 1.807) is 0 Å². The number of aliphatic imine (C=N–C) groups is 1. The maximum absolute atomic E-state index is 13.2.